The zero-order valence-corrected chi connectivity index (χ0v) is 9.63. The van der Waals surface area contributed by atoms with E-state index < -0.39 is 0 Å². The minimum atomic E-state index is 0.874. The standard InChI is InChI=1S/C12H24N2/c1-10-6-13-7-12(10)9-14(2)8-11-4-3-5-11/h10-13H,3-9H2,1-2H3/t10-,12+/m1/s1. The van der Waals surface area contributed by atoms with Crippen molar-refractivity contribution in [3.05, 3.63) is 0 Å². The lowest BCUT2D eigenvalue weighted by molar-refractivity contribution is 0.179. The predicted molar refractivity (Wildman–Crippen MR) is 60.4 cm³/mol. The largest absolute Gasteiger partial charge is 0.316 e. The molecule has 2 rings (SSSR count). The van der Waals surface area contributed by atoms with Gasteiger partial charge in [-0.25, -0.2) is 0 Å². The van der Waals surface area contributed by atoms with Gasteiger partial charge in [0.15, 0.2) is 0 Å². The summed E-state index contributed by atoms with van der Waals surface area (Å²) < 4.78 is 0. The van der Waals surface area contributed by atoms with Gasteiger partial charge >= 0.3 is 0 Å². The minimum absolute atomic E-state index is 0.874. The van der Waals surface area contributed by atoms with E-state index >= 15 is 0 Å². The van der Waals surface area contributed by atoms with Crippen LogP contribution in [0.15, 0.2) is 0 Å². The molecule has 2 aliphatic rings. The molecule has 82 valence electrons. The van der Waals surface area contributed by atoms with Crippen molar-refractivity contribution in [1.29, 1.82) is 0 Å². The molecular weight excluding hydrogens is 172 g/mol. The molecule has 1 aliphatic carbocycles. The second-order valence-electron chi connectivity index (χ2n) is 5.41. The maximum Gasteiger partial charge on any atom is 0.00219 e. The molecule has 0 bridgehead atoms. The molecule has 1 saturated carbocycles. The van der Waals surface area contributed by atoms with Crippen LogP contribution in [0.5, 0.6) is 0 Å². The Hall–Kier alpha value is -0.0800. The quantitative estimate of drug-likeness (QED) is 0.734. The predicted octanol–water partition coefficient (Wildman–Crippen LogP) is 1.57. The monoisotopic (exact) mass is 196 g/mol. The molecule has 0 aromatic carbocycles. The van der Waals surface area contributed by atoms with Gasteiger partial charge in [0.2, 0.25) is 0 Å². The van der Waals surface area contributed by atoms with E-state index in [1.165, 1.54) is 45.4 Å². The van der Waals surface area contributed by atoms with Crippen LogP contribution in [-0.4, -0.2) is 38.1 Å². The van der Waals surface area contributed by atoms with Crippen LogP contribution in [0.2, 0.25) is 0 Å². The van der Waals surface area contributed by atoms with Crippen LogP contribution in [0.1, 0.15) is 26.2 Å². The Balaban J connectivity index is 1.67. The van der Waals surface area contributed by atoms with Crippen molar-refractivity contribution in [3.63, 3.8) is 0 Å². The van der Waals surface area contributed by atoms with Crippen LogP contribution >= 0.6 is 0 Å². The number of nitrogens with one attached hydrogen (secondary N) is 1. The SMILES string of the molecule is C[C@@H]1CNC[C@H]1CN(C)CC1CCC1. The van der Waals surface area contributed by atoms with Crippen LogP contribution in [0.25, 0.3) is 0 Å². The zero-order valence-electron chi connectivity index (χ0n) is 9.63. The van der Waals surface area contributed by atoms with E-state index in [-0.39, 0.29) is 0 Å². The van der Waals surface area contributed by atoms with Gasteiger partial charge in [-0.05, 0) is 50.7 Å². The van der Waals surface area contributed by atoms with Gasteiger partial charge in [0.1, 0.15) is 0 Å². The van der Waals surface area contributed by atoms with E-state index in [4.69, 9.17) is 0 Å². The highest BCUT2D eigenvalue weighted by atomic mass is 15.1. The lowest BCUT2D eigenvalue weighted by Gasteiger charge is -2.31. The molecule has 0 aromatic rings. The topological polar surface area (TPSA) is 15.3 Å². The van der Waals surface area contributed by atoms with Gasteiger partial charge in [-0.1, -0.05) is 13.3 Å². The number of hydrogen-bond donors (Lipinski definition) is 1. The maximum atomic E-state index is 3.48. The van der Waals surface area contributed by atoms with Crippen LogP contribution < -0.4 is 5.32 Å². The first-order valence-corrected chi connectivity index (χ1v) is 6.15. The Morgan fingerprint density at radius 1 is 1.21 bits per heavy atom. The number of nitrogens with zero attached hydrogens (tertiary/aromatic N) is 1. The summed E-state index contributed by atoms with van der Waals surface area (Å²) in [6.45, 7) is 7.47. The summed E-state index contributed by atoms with van der Waals surface area (Å²) in [5.74, 6) is 2.78. The Kier molecular flexibility index (Phi) is 3.45. The van der Waals surface area contributed by atoms with Gasteiger partial charge in [-0.15, -0.1) is 0 Å². The summed E-state index contributed by atoms with van der Waals surface area (Å²) >= 11 is 0. The first-order valence-electron chi connectivity index (χ1n) is 6.15. The molecule has 1 saturated heterocycles. The summed E-state index contributed by atoms with van der Waals surface area (Å²) in [5.41, 5.74) is 0. The molecule has 0 unspecified atom stereocenters. The summed E-state index contributed by atoms with van der Waals surface area (Å²) in [6, 6.07) is 0. The fourth-order valence-corrected chi connectivity index (χ4v) is 2.70. The fourth-order valence-electron chi connectivity index (χ4n) is 2.70. The second-order valence-corrected chi connectivity index (χ2v) is 5.41. The van der Waals surface area contributed by atoms with Crippen molar-refractivity contribution in [2.45, 2.75) is 26.2 Å². The van der Waals surface area contributed by atoms with Gasteiger partial charge in [0.25, 0.3) is 0 Å². The summed E-state index contributed by atoms with van der Waals surface area (Å²) in [5, 5.41) is 3.48. The van der Waals surface area contributed by atoms with Crippen molar-refractivity contribution in [1.82, 2.24) is 10.2 Å². The number of hydrogen-bond acceptors (Lipinski definition) is 2. The van der Waals surface area contributed by atoms with E-state index in [9.17, 15) is 0 Å². The van der Waals surface area contributed by atoms with Gasteiger partial charge in [0.05, 0.1) is 0 Å². The van der Waals surface area contributed by atoms with Gasteiger partial charge < -0.3 is 10.2 Å². The fraction of sp³-hybridized carbons (Fsp3) is 1.00. The van der Waals surface area contributed by atoms with E-state index in [1.54, 1.807) is 0 Å². The van der Waals surface area contributed by atoms with E-state index in [2.05, 4.69) is 24.2 Å². The van der Waals surface area contributed by atoms with Crippen molar-refractivity contribution in [2.75, 3.05) is 33.2 Å². The average Bonchev–Trinajstić information content (AvgIpc) is 2.45. The highest BCUT2D eigenvalue weighted by molar-refractivity contribution is 4.81. The van der Waals surface area contributed by atoms with Gasteiger partial charge in [-0.2, -0.15) is 0 Å². The van der Waals surface area contributed by atoms with Crippen LogP contribution in [0.4, 0.5) is 0 Å². The third-order valence-corrected chi connectivity index (χ3v) is 4.02. The normalized spacial score (nSPS) is 33.6. The molecule has 1 heterocycles. The molecule has 2 atom stereocenters. The molecule has 1 aliphatic heterocycles. The summed E-state index contributed by atoms with van der Waals surface area (Å²) in [7, 11) is 2.30. The Morgan fingerprint density at radius 2 is 2.00 bits per heavy atom. The third kappa shape index (κ3) is 2.48. The highest BCUT2D eigenvalue weighted by Gasteiger charge is 2.25. The molecule has 0 aromatic heterocycles. The zero-order chi connectivity index (χ0) is 9.97. The van der Waals surface area contributed by atoms with Gasteiger partial charge in [-0.3, -0.25) is 0 Å². The molecule has 0 amide bonds. The Labute approximate surface area is 88.1 Å². The maximum absolute atomic E-state index is 3.48. The van der Waals surface area contributed by atoms with E-state index in [0.29, 0.717) is 0 Å². The Morgan fingerprint density at radius 3 is 2.50 bits per heavy atom. The van der Waals surface area contributed by atoms with Crippen LogP contribution in [-0.2, 0) is 0 Å². The molecule has 1 N–H and O–H groups in total. The van der Waals surface area contributed by atoms with Crippen molar-refractivity contribution < 1.29 is 0 Å². The first-order chi connectivity index (χ1) is 6.75. The molecule has 0 spiro atoms. The lowest BCUT2D eigenvalue weighted by atomic mass is 9.85. The van der Waals surface area contributed by atoms with E-state index in [0.717, 1.165) is 17.8 Å². The lowest BCUT2D eigenvalue weighted by Crippen LogP contribution is -2.34. The third-order valence-electron chi connectivity index (χ3n) is 4.02. The molecular formula is C12H24N2. The number of rotatable bonds is 4. The van der Waals surface area contributed by atoms with Crippen molar-refractivity contribution in [3.8, 4) is 0 Å². The molecule has 0 radical (unpaired) electrons. The second kappa shape index (κ2) is 4.63. The first kappa shape index (κ1) is 10.4. The molecule has 2 nitrogen and oxygen atoms in total. The van der Waals surface area contributed by atoms with Crippen LogP contribution in [0.3, 0.4) is 0 Å². The van der Waals surface area contributed by atoms with Crippen molar-refractivity contribution in [2.24, 2.45) is 17.8 Å². The Bertz CT molecular complexity index is 177. The van der Waals surface area contributed by atoms with E-state index in [1.807, 2.05) is 0 Å². The van der Waals surface area contributed by atoms with Gasteiger partial charge in [0, 0.05) is 13.1 Å². The summed E-state index contributed by atoms with van der Waals surface area (Å²) in [4.78, 5) is 2.55. The molecule has 2 heteroatoms. The highest BCUT2D eigenvalue weighted by Crippen LogP contribution is 2.27. The van der Waals surface area contributed by atoms with Crippen molar-refractivity contribution >= 4 is 0 Å². The smallest absolute Gasteiger partial charge is 0.00219 e. The van der Waals surface area contributed by atoms with Crippen LogP contribution in [0, 0.1) is 17.8 Å². The molecule has 2 fully saturated rings. The summed E-state index contributed by atoms with van der Waals surface area (Å²) in [6.07, 6.45) is 4.42. The molecule has 14 heavy (non-hydrogen) atoms. The minimum Gasteiger partial charge on any atom is -0.316 e. The average molecular weight is 196 g/mol.